The summed E-state index contributed by atoms with van der Waals surface area (Å²) < 4.78 is 0. The molecular weight excluding hydrogens is 412 g/mol. The van der Waals surface area contributed by atoms with Crippen LogP contribution in [-0.4, -0.2) is 23.1 Å². The SMILES string of the molecule is CC(=O)/C=C/C=C(C)\C=C\C(=O)/C(C)=C1\C(=O)C[C@H]2[C@@]3(C)CCC(=O)C(C)(C)[C@@H]3CC[C@]12C. The molecule has 0 saturated heterocycles. The zero-order valence-corrected chi connectivity index (χ0v) is 21.2. The van der Waals surface area contributed by atoms with Gasteiger partial charge in [0.05, 0.1) is 0 Å². The highest BCUT2D eigenvalue weighted by Gasteiger charge is 2.64. The number of carbonyl (C=O) groups excluding carboxylic acids is 4. The van der Waals surface area contributed by atoms with Crippen molar-refractivity contribution >= 4 is 23.1 Å². The molecule has 0 amide bonds. The number of rotatable bonds is 5. The number of allylic oxidation sites excluding steroid dienone is 8. The fourth-order valence-electron chi connectivity index (χ4n) is 7.20. The molecule has 0 radical (unpaired) electrons. The minimum atomic E-state index is -0.363. The molecule has 3 fully saturated rings. The van der Waals surface area contributed by atoms with Gasteiger partial charge in [-0.3, -0.25) is 19.2 Å². The maximum atomic E-state index is 13.3. The van der Waals surface area contributed by atoms with E-state index in [1.807, 2.05) is 6.92 Å². The van der Waals surface area contributed by atoms with E-state index in [0.29, 0.717) is 29.8 Å². The van der Waals surface area contributed by atoms with Gasteiger partial charge in [-0.15, -0.1) is 0 Å². The van der Waals surface area contributed by atoms with Crippen LogP contribution in [0.1, 0.15) is 80.6 Å². The predicted molar refractivity (Wildman–Crippen MR) is 130 cm³/mol. The highest BCUT2D eigenvalue weighted by molar-refractivity contribution is 6.12. The molecule has 0 aromatic carbocycles. The minimum Gasteiger partial charge on any atom is -0.299 e. The van der Waals surface area contributed by atoms with Crippen LogP contribution < -0.4 is 0 Å². The Kier molecular flexibility index (Phi) is 6.72. The summed E-state index contributed by atoms with van der Waals surface area (Å²) in [4.78, 5) is 50.1. The Labute approximate surface area is 198 Å². The molecule has 4 heteroatoms. The second-order valence-corrected chi connectivity index (χ2v) is 11.4. The van der Waals surface area contributed by atoms with E-state index in [2.05, 4.69) is 27.7 Å². The molecule has 0 spiro atoms. The summed E-state index contributed by atoms with van der Waals surface area (Å²) in [7, 11) is 0. The first-order chi connectivity index (χ1) is 15.2. The molecule has 3 rings (SSSR count). The van der Waals surface area contributed by atoms with Crippen molar-refractivity contribution in [3.8, 4) is 0 Å². The third-order valence-electron chi connectivity index (χ3n) is 8.97. The number of Topliss-reactive ketones (excluding diaryl/α,β-unsaturated/α-hetero) is 2. The summed E-state index contributed by atoms with van der Waals surface area (Å²) >= 11 is 0. The summed E-state index contributed by atoms with van der Waals surface area (Å²) in [5.41, 5.74) is 1.32. The van der Waals surface area contributed by atoms with Gasteiger partial charge in [-0.05, 0) is 69.4 Å². The lowest BCUT2D eigenvalue weighted by Crippen LogP contribution is -2.56. The number of ketones is 4. The average Bonchev–Trinajstić information content (AvgIpc) is 3.00. The number of fused-ring (bicyclic) bond motifs is 3. The summed E-state index contributed by atoms with van der Waals surface area (Å²) in [6, 6.07) is 0. The third-order valence-corrected chi connectivity index (χ3v) is 8.97. The van der Waals surface area contributed by atoms with Crippen LogP contribution in [0.25, 0.3) is 0 Å². The van der Waals surface area contributed by atoms with Gasteiger partial charge in [-0.2, -0.15) is 0 Å². The van der Waals surface area contributed by atoms with Crippen LogP contribution in [-0.2, 0) is 19.2 Å². The number of hydrogen-bond donors (Lipinski definition) is 0. The Morgan fingerprint density at radius 3 is 2.21 bits per heavy atom. The Bertz CT molecular complexity index is 1020. The van der Waals surface area contributed by atoms with Crippen LogP contribution >= 0.6 is 0 Å². The molecule has 3 aliphatic rings. The van der Waals surface area contributed by atoms with Crippen LogP contribution in [0.4, 0.5) is 0 Å². The van der Waals surface area contributed by atoms with E-state index in [1.54, 1.807) is 25.2 Å². The average molecular weight is 451 g/mol. The molecule has 0 heterocycles. The largest absolute Gasteiger partial charge is 0.299 e. The van der Waals surface area contributed by atoms with Crippen LogP contribution in [0, 0.1) is 28.1 Å². The zero-order valence-electron chi connectivity index (χ0n) is 21.2. The molecule has 0 N–H and O–H groups in total. The van der Waals surface area contributed by atoms with Gasteiger partial charge in [0, 0.05) is 34.8 Å². The Morgan fingerprint density at radius 1 is 0.909 bits per heavy atom. The maximum Gasteiger partial charge on any atom is 0.181 e. The van der Waals surface area contributed by atoms with Crippen molar-refractivity contribution in [1.82, 2.24) is 0 Å². The topological polar surface area (TPSA) is 68.3 Å². The minimum absolute atomic E-state index is 0.0311. The first-order valence-electron chi connectivity index (χ1n) is 12.1. The van der Waals surface area contributed by atoms with Gasteiger partial charge >= 0.3 is 0 Å². The molecule has 3 aliphatic carbocycles. The smallest absolute Gasteiger partial charge is 0.181 e. The highest BCUT2D eigenvalue weighted by atomic mass is 16.1. The second kappa shape index (κ2) is 8.77. The molecule has 33 heavy (non-hydrogen) atoms. The van der Waals surface area contributed by atoms with Crippen LogP contribution in [0.15, 0.2) is 47.1 Å². The summed E-state index contributed by atoms with van der Waals surface area (Å²) in [6.45, 7) is 13.7. The van der Waals surface area contributed by atoms with Crippen molar-refractivity contribution < 1.29 is 19.2 Å². The lowest BCUT2D eigenvalue weighted by atomic mass is 9.43. The molecule has 0 unspecified atom stereocenters. The van der Waals surface area contributed by atoms with Crippen molar-refractivity contribution in [2.45, 2.75) is 80.6 Å². The van der Waals surface area contributed by atoms with Crippen molar-refractivity contribution in [1.29, 1.82) is 0 Å². The van der Waals surface area contributed by atoms with Gasteiger partial charge in [0.1, 0.15) is 5.78 Å². The molecule has 178 valence electrons. The van der Waals surface area contributed by atoms with E-state index in [-0.39, 0.29) is 45.4 Å². The lowest BCUT2D eigenvalue weighted by Gasteiger charge is -2.60. The van der Waals surface area contributed by atoms with E-state index in [9.17, 15) is 19.2 Å². The molecule has 4 nitrogen and oxygen atoms in total. The Hall–Kier alpha value is -2.36. The van der Waals surface area contributed by atoms with Gasteiger partial charge in [0.2, 0.25) is 0 Å². The maximum absolute atomic E-state index is 13.3. The number of carbonyl (C=O) groups is 4. The molecule has 4 atom stereocenters. The summed E-state index contributed by atoms with van der Waals surface area (Å²) in [5.74, 6) is 0.681. The predicted octanol–water partition coefficient (Wildman–Crippen LogP) is 5.92. The standard InChI is InChI=1S/C29H38O4/c1-18(9-8-10-19(2)30)11-12-21(31)20(3)26-22(32)17-24-28(6)16-14-25(33)27(4,5)23(28)13-15-29(24,26)7/h8-12,23-24H,13-17H2,1-7H3/b10-8+,12-11+,18-9-,26-20+/t23-,24-,28-,29-/m0/s1. The normalized spacial score (nSPS) is 35.7. The van der Waals surface area contributed by atoms with Crippen molar-refractivity contribution in [2.24, 2.45) is 28.1 Å². The van der Waals surface area contributed by atoms with E-state index >= 15 is 0 Å². The van der Waals surface area contributed by atoms with E-state index in [4.69, 9.17) is 0 Å². The van der Waals surface area contributed by atoms with Crippen LogP contribution in [0.3, 0.4) is 0 Å². The van der Waals surface area contributed by atoms with E-state index in [1.165, 1.54) is 19.1 Å². The second-order valence-electron chi connectivity index (χ2n) is 11.4. The van der Waals surface area contributed by atoms with Gasteiger partial charge in [0.25, 0.3) is 0 Å². The summed E-state index contributed by atoms with van der Waals surface area (Å²) in [5, 5.41) is 0. The molecule has 0 bridgehead atoms. The van der Waals surface area contributed by atoms with E-state index in [0.717, 1.165) is 24.8 Å². The van der Waals surface area contributed by atoms with Crippen LogP contribution in [0.5, 0.6) is 0 Å². The first-order valence-corrected chi connectivity index (χ1v) is 12.1. The number of hydrogen-bond acceptors (Lipinski definition) is 4. The Balaban J connectivity index is 1.92. The molecule has 0 aliphatic heterocycles. The molecule has 0 aromatic rings. The zero-order chi connectivity index (χ0) is 24.8. The van der Waals surface area contributed by atoms with E-state index < -0.39 is 0 Å². The van der Waals surface area contributed by atoms with Gasteiger partial charge < -0.3 is 0 Å². The fourth-order valence-corrected chi connectivity index (χ4v) is 7.20. The summed E-state index contributed by atoms with van der Waals surface area (Å²) in [6.07, 6.45) is 11.8. The van der Waals surface area contributed by atoms with Gasteiger partial charge in [-0.25, -0.2) is 0 Å². The van der Waals surface area contributed by atoms with Crippen LogP contribution in [0.2, 0.25) is 0 Å². The van der Waals surface area contributed by atoms with Crippen molar-refractivity contribution in [2.75, 3.05) is 0 Å². The molecule has 3 saturated carbocycles. The van der Waals surface area contributed by atoms with Crippen molar-refractivity contribution in [3.05, 3.63) is 47.1 Å². The highest BCUT2D eigenvalue weighted by Crippen LogP contribution is 2.68. The first kappa shape index (κ1) is 25.3. The third kappa shape index (κ3) is 4.29. The molecular formula is C29H38O4. The van der Waals surface area contributed by atoms with Gasteiger partial charge in [-0.1, -0.05) is 51.5 Å². The lowest BCUT2D eigenvalue weighted by molar-refractivity contribution is -0.154. The molecule has 0 aromatic heterocycles. The Morgan fingerprint density at radius 2 is 1.58 bits per heavy atom. The van der Waals surface area contributed by atoms with Gasteiger partial charge in [0.15, 0.2) is 17.3 Å². The fraction of sp³-hybridized carbons (Fsp3) is 0.586. The monoisotopic (exact) mass is 450 g/mol. The van der Waals surface area contributed by atoms with Crippen molar-refractivity contribution in [3.63, 3.8) is 0 Å². The quantitative estimate of drug-likeness (QED) is 0.385.